The van der Waals surface area contributed by atoms with E-state index >= 15 is 0 Å². The summed E-state index contributed by atoms with van der Waals surface area (Å²) < 4.78 is 5.56. The van der Waals surface area contributed by atoms with Gasteiger partial charge in [-0.25, -0.2) is 0 Å². The van der Waals surface area contributed by atoms with Gasteiger partial charge in [-0.1, -0.05) is 50.2 Å². The van der Waals surface area contributed by atoms with E-state index < -0.39 is 5.92 Å². The zero-order valence-electron chi connectivity index (χ0n) is 21.1. The maximum atomic E-state index is 14.3. The second-order valence-electron chi connectivity index (χ2n) is 9.86. The number of nitrogens with zero attached hydrogens (tertiary/aromatic N) is 3. The largest absolute Gasteiger partial charge is 0.495 e. The van der Waals surface area contributed by atoms with Gasteiger partial charge in [-0.05, 0) is 41.1 Å². The lowest BCUT2D eigenvalue weighted by Gasteiger charge is -2.45. The molecule has 1 saturated heterocycles. The van der Waals surface area contributed by atoms with Crippen molar-refractivity contribution >= 4 is 28.8 Å². The van der Waals surface area contributed by atoms with E-state index in [0.717, 1.165) is 35.0 Å². The van der Waals surface area contributed by atoms with Crippen LogP contribution >= 0.6 is 11.3 Å². The van der Waals surface area contributed by atoms with Crippen LogP contribution in [0.5, 0.6) is 5.75 Å². The number of ether oxygens (including phenoxy) is 1. The smallest absolute Gasteiger partial charge is 0.254 e. The van der Waals surface area contributed by atoms with Crippen LogP contribution in [0.25, 0.3) is 0 Å². The van der Waals surface area contributed by atoms with Crippen molar-refractivity contribution in [3.05, 3.63) is 82.0 Å². The van der Waals surface area contributed by atoms with Crippen LogP contribution in [-0.4, -0.2) is 61.4 Å². The van der Waals surface area contributed by atoms with Crippen LogP contribution in [0.2, 0.25) is 0 Å². The number of hydrogen-bond donors (Lipinski definition) is 0. The van der Waals surface area contributed by atoms with Gasteiger partial charge in [0.05, 0.1) is 24.8 Å². The Hall–Kier alpha value is -3.32. The SMILES string of the molecule is COc1ccccc1N1CCN(C(=O)[C@@H]2c3ccccc3C(=O)N(CC(C)C)[C@H]2c2cccs2)CC1. The highest BCUT2D eigenvalue weighted by Gasteiger charge is 2.46. The lowest BCUT2D eigenvalue weighted by atomic mass is 9.80. The van der Waals surface area contributed by atoms with Crippen molar-refractivity contribution in [1.82, 2.24) is 9.80 Å². The average Bonchev–Trinajstić information content (AvgIpc) is 3.44. The van der Waals surface area contributed by atoms with Gasteiger partial charge in [-0.15, -0.1) is 11.3 Å². The molecule has 7 heteroatoms. The van der Waals surface area contributed by atoms with Crippen molar-refractivity contribution in [3.63, 3.8) is 0 Å². The first kappa shape index (κ1) is 24.4. The standard InChI is InChI=1S/C29H33N3O3S/c1-20(2)19-32-27(25-13-8-18-36-25)26(21-9-4-5-10-22(21)28(32)33)29(34)31-16-14-30(15-17-31)23-11-6-7-12-24(23)35-3/h4-13,18,20,26-27H,14-17,19H2,1-3H3/t26-,27+/m1/s1. The number of fused-ring (bicyclic) bond motifs is 1. The molecule has 188 valence electrons. The molecule has 0 radical (unpaired) electrons. The van der Waals surface area contributed by atoms with Crippen molar-refractivity contribution < 1.29 is 14.3 Å². The monoisotopic (exact) mass is 503 g/mol. The van der Waals surface area contributed by atoms with Crippen LogP contribution in [0, 0.1) is 5.92 Å². The summed E-state index contributed by atoms with van der Waals surface area (Å²) in [6, 6.07) is 19.5. The van der Waals surface area contributed by atoms with Crippen LogP contribution < -0.4 is 9.64 Å². The van der Waals surface area contributed by atoms with Crippen LogP contribution in [0.1, 0.15) is 46.6 Å². The van der Waals surface area contributed by atoms with E-state index in [2.05, 4.69) is 30.9 Å². The number of thiophene rings is 1. The first-order valence-electron chi connectivity index (χ1n) is 12.6. The first-order valence-corrected chi connectivity index (χ1v) is 13.5. The molecule has 0 N–H and O–H groups in total. The Morgan fingerprint density at radius 1 is 1.00 bits per heavy atom. The summed E-state index contributed by atoms with van der Waals surface area (Å²) in [4.78, 5) is 35.2. The number of anilines is 1. The average molecular weight is 504 g/mol. The normalized spacial score (nSPS) is 20.0. The minimum atomic E-state index is -0.422. The van der Waals surface area contributed by atoms with E-state index in [9.17, 15) is 9.59 Å². The van der Waals surface area contributed by atoms with E-state index in [4.69, 9.17) is 4.74 Å². The van der Waals surface area contributed by atoms with E-state index in [0.29, 0.717) is 31.1 Å². The Bertz CT molecular complexity index is 1220. The maximum Gasteiger partial charge on any atom is 0.254 e. The quantitative estimate of drug-likeness (QED) is 0.473. The van der Waals surface area contributed by atoms with E-state index in [1.54, 1.807) is 18.4 Å². The zero-order valence-corrected chi connectivity index (χ0v) is 21.9. The number of piperazine rings is 1. The third-order valence-electron chi connectivity index (χ3n) is 7.12. The van der Waals surface area contributed by atoms with Crippen molar-refractivity contribution in [2.75, 3.05) is 44.7 Å². The lowest BCUT2D eigenvalue weighted by Crippen LogP contribution is -2.53. The van der Waals surface area contributed by atoms with Gasteiger partial charge in [0, 0.05) is 43.2 Å². The molecule has 0 unspecified atom stereocenters. The molecule has 3 aromatic rings. The molecule has 2 amide bonds. The number of amides is 2. The van der Waals surface area contributed by atoms with Crippen molar-refractivity contribution in [1.29, 1.82) is 0 Å². The van der Waals surface area contributed by atoms with Gasteiger partial charge in [-0.2, -0.15) is 0 Å². The zero-order chi connectivity index (χ0) is 25.2. The molecule has 3 heterocycles. The number of carbonyl (C=O) groups excluding carboxylic acids is 2. The summed E-state index contributed by atoms with van der Waals surface area (Å²) in [5.74, 6) is 0.833. The summed E-state index contributed by atoms with van der Waals surface area (Å²) in [6.07, 6.45) is 0. The van der Waals surface area contributed by atoms with Gasteiger partial charge in [0.25, 0.3) is 5.91 Å². The Kier molecular flexibility index (Phi) is 7.01. The Labute approximate surface area is 217 Å². The minimum absolute atomic E-state index is 0.0164. The van der Waals surface area contributed by atoms with Gasteiger partial charge < -0.3 is 19.4 Å². The first-order chi connectivity index (χ1) is 17.5. The predicted octanol–water partition coefficient (Wildman–Crippen LogP) is 5.04. The Morgan fingerprint density at radius 2 is 1.72 bits per heavy atom. The van der Waals surface area contributed by atoms with Gasteiger partial charge in [0.2, 0.25) is 5.91 Å². The van der Waals surface area contributed by atoms with Crippen molar-refractivity contribution in [3.8, 4) is 5.75 Å². The number of hydrogen-bond acceptors (Lipinski definition) is 5. The fraction of sp³-hybridized carbons (Fsp3) is 0.379. The molecule has 1 fully saturated rings. The maximum absolute atomic E-state index is 14.3. The van der Waals surface area contributed by atoms with Crippen molar-refractivity contribution in [2.45, 2.75) is 25.8 Å². The predicted molar refractivity (Wildman–Crippen MR) is 144 cm³/mol. The molecule has 2 aliphatic rings. The van der Waals surface area contributed by atoms with Crippen molar-refractivity contribution in [2.24, 2.45) is 5.92 Å². The molecular weight excluding hydrogens is 470 g/mol. The number of methoxy groups -OCH3 is 1. The molecule has 0 saturated carbocycles. The highest BCUT2D eigenvalue weighted by Crippen LogP contribution is 2.45. The Balaban J connectivity index is 1.46. The summed E-state index contributed by atoms with van der Waals surface area (Å²) in [6.45, 7) is 7.58. The van der Waals surface area contributed by atoms with Crippen LogP contribution in [0.4, 0.5) is 5.69 Å². The summed E-state index contributed by atoms with van der Waals surface area (Å²) >= 11 is 1.62. The van der Waals surface area contributed by atoms with Gasteiger partial charge in [0.15, 0.2) is 0 Å². The minimum Gasteiger partial charge on any atom is -0.495 e. The lowest BCUT2D eigenvalue weighted by molar-refractivity contribution is -0.135. The molecule has 2 atom stereocenters. The number of rotatable bonds is 6. The Morgan fingerprint density at radius 3 is 2.42 bits per heavy atom. The van der Waals surface area contributed by atoms with E-state index in [-0.39, 0.29) is 17.9 Å². The topological polar surface area (TPSA) is 53.1 Å². The number of benzene rings is 2. The molecule has 36 heavy (non-hydrogen) atoms. The summed E-state index contributed by atoms with van der Waals surface area (Å²) in [5, 5.41) is 2.03. The highest BCUT2D eigenvalue weighted by atomic mass is 32.1. The molecule has 1 aromatic heterocycles. The second kappa shape index (κ2) is 10.3. The van der Waals surface area contributed by atoms with Gasteiger partial charge in [0.1, 0.15) is 5.75 Å². The van der Waals surface area contributed by atoms with E-state index in [1.165, 1.54) is 0 Å². The van der Waals surface area contributed by atoms with Crippen LogP contribution in [0.15, 0.2) is 66.0 Å². The third kappa shape index (κ3) is 4.48. The summed E-state index contributed by atoms with van der Waals surface area (Å²) in [5.41, 5.74) is 2.55. The fourth-order valence-electron chi connectivity index (χ4n) is 5.48. The van der Waals surface area contributed by atoms with Gasteiger partial charge in [-0.3, -0.25) is 9.59 Å². The molecule has 5 rings (SSSR count). The molecule has 2 aliphatic heterocycles. The molecule has 0 bridgehead atoms. The number of carbonyl (C=O) groups is 2. The fourth-order valence-corrected chi connectivity index (χ4v) is 6.36. The molecule has 6 nitrogen and oxygen atoms in total. The van der Waals surface area contributed by atoms with Crippen LogP contribution in [-0.2, 0) is 4.79 Å². The molecular formula is C29H33N3O3S. The highest BCUT2D eigenvalue weighted by molar-refractivity contribution is 7.10. The van der Waals surface area contributed by atoms with Crippen LogP contribution in [0.3, 0.4) is 0 Å². The summed E-state index contributed by atoms with van der Waals surface area (Å²) in [7, 11) is 1.69. The van der Waals surface area contributed by atoms with E-state index in [1.807, 2.05) is 63.7 Å². The third-order valence-corrected chi connectivity index (χ3v) is 8.06. The molecule has 2 aromatic carbocycles. The second-order valence-corrected chi connectivity index (χ2v) is 10.8. The number of para-hydroxylation sites is 2. The molecule has 0 spiro atoms. The van der Waals surface area contributed by atoms with Gasteiger partial charge >= 0.3 is 0 Å². The molecule has 0 aliphatic carbocycles.